The Hall–Kier alpha value is -2.56. The lowest BCUT2D eigenvalue weighted by atomic mass is 10.1. The maximum Gasteiger partial charge on any atom is 0.270 e. The summed E-state index contributed by atoms with van der Waals surface area (Å²) in [6.07, 6.45) is 9.04. The van der Waals surface area contributed by atoms with Crippen molar-refractivity contribution in [3.63, 3.8) is 0 Å². The van der Waals surface area contributed by atoms with Gasteiger partial charge >= 0.3 is 0 Å². The third-order valence-electron chi connectivity index (χ3n) is 5.94. The highest BCUT2D eigenvalue weighted by molar-refractivity contribution is 5.92. The summed E-state index contributed by atoms with van der Waals surface area (Å²) in [5.41, 5.74) is 2.90. The molecule has 1 aliphatic carbocycles. The molecule has 1 aliphatic heterocycles. The highest BCUT2D eigenvalue weighted by Crippen LogP contribution is 2.21. The molecule has 1 aromatic heterocycles. The summed E-state index contributed by atoms with van der Waals surface area (Å²) in [7, 11) is 0. The summed E-state index contributed by atoms with van der Waals surface area (Å²) in [6, 6.07) is 14.8. The van der Waals surface area contributed by atoms with Crippen LogP contribution >= 0.6 is 0 Å². The van der Waals surface area contributed by atoms with Crippen LogP contribution in [-0.2, 0) is 0 Å². The first-order valence-electron chi connectivity index (χ1n) is 10.6. The van der Waals surface area contributed by atoms with Gasteiger partial charge in [-0.05, 0) is 37.1 Å². The lowest BCUT2D eigenvalue weighted by molar-refractivity contribution is 0.0928. The predicted molar refractivity (Wildman–Crippen MR) is 114 cm³/mol. The van der Waals surface area contributed by atoms with Crippen molar-refractivity contribution < 1.29 is 4.79 Å². The minimum atomic E-state index is -0.0349. The van der Waals surface area contributed by atoms with Crippen molar-refractivity contribution in [2.24, 2.45) is 0 Å². The van der Waals surface area contributed by atoms with E-state index < -0.39 is 0 Å². The van der Waals surface area contributed by atoms with Crippen LogP contribution in [0.5, 0.6) is 0 Å². The maximum atomic E-state index is 12.5. The first-order valence-corrected chi connectivity index (χ1v) is 10.6. The highest BCUT2D eigenvalue weighted by atomic mass is 16.1. The van der Waals surface area contributed by atoms with Crippen molar-refractivity contribution in [3.8, 4) is 0 Å². The van der Waals surface area contributed by atoms with E-state index in [1.807, 2.05) is 18.3 Å². The summed E-state index contributed by atoms with van der Waals surface area (Å²) in [5, 5.41) is 3.18. The minimum Gasteiger partial charge on any atom is -0.368 e. The summed E-state index contributed by atoms with van der Waals surface area (Å²) in [4.78, 5) is 21.7. The number of para-hydroxylation sites is 1. The standard InChI is InChI=1S/C23H30N4O/c28-23(25-19-8-4-1-2-5-9-19)22-13-12-21(18-24-22)27-16-14-26(15-17-27)20-10-6-3-7-11-20/h3,6-7,10-13,18-19H,1-2,4-5,8-9,14-17H2,(H,25,28). The quantitative estimate of drug-likeness (QED) is 0.821. The Labute approximate surface area is 167 Å². The van der Waals surface area contributed by atoms with Gasteiger partial charge in [-0.15, -0.1) is 0 Å². The van der Waals surface area contributed by atoms with E-state index in [1.54, 1.807) is 0 Å². The molecule has 0 spiro atoms. The van der Waals surface area contributed by atoms with Gasteiger partial charge < -0.3 is 15.1 Å². The van der Waals surface area contributed by atoms with E-state index >= 15 is 0 Å². The molecule has 1 amide bonds. The second-order valence-electron chi connectivity index (χ2n) is 7.87. The van der Waals surface area contributed by atoms with Gasteiger partial charge in [-0.1, -0.05) is 43.9 Å². The van der Waals surface area contributed by atoms with Crippen molar-refractivity contribution >= 4 is 17.3 Å². The van der Waals surface area contributed by atoms with Crippen LogP contribution in [0.3, 0.4) is 0 Å². The average Bonchev–Trinajstić information content (AvgIpc) is 3.03. The molecule has 2 fully saturated rings. The molecule has 4 rings (SSSR count). The number of aromatic nitrogens is 1. The summed E-state index contributed by atoms with van der Waals surface area (Å²) in [5.74, 6) is -0.0349. The molecule has 5 nitrogen and oxygen atoms in total. The fourth-order valence-electron chi connectivity index (χ4n) is 4.25. The zero-order chi connectivity index (χ0) is 19.2. The molecule has 5 heteroatoms. The van der Waals surface area contributed by atoms with E-state index in [0.717, 1.165) is 44.7 Å². The minimum absolute atomic E-state index is 0.0349. The summed E-state index contributed by atoms with van der Waals surface area (Å²) >= 11 is 0. The number of carbonyl (C=O) groups is 1. The van der Waals surface area contributed by atoms with E-state index in [-0.39, 0.29) is 5.91 Å². The van der Waals surface area contributed by atoms with Crippen LogP contribution in [0, 0.1) is 0 Å². The fraction of sp³-hybridized carbons (Fsp3) is 0.478. The van der Waals surface area contributed by atoms with Crippen molar-refractivity contribution in [1.82, 2.24) is 10.3 Å². The largest absolute Gasteiger partial charge is 0.368 e. The van der Waals surface area contributed by atoms with E-state index in [1.165, 1.54) is 31.4 Å². The van der Waals surface area contributed by atoms with Gasteiger partial charge in [-0.3, -0.25) is 4.79 Å². The molecular formula is C23H30N4O. The number of hydrogen-bond donors (Lipinski definition) is 1. The Bertz CT molecular complexity index is 746. The summed E-state index contributed by atoms with van der Waals surface area (Å²) in [6.45, 7) is 3.91. The monoisotopic (exact) mass is 378 g/mol. The van der Waals surface area contributed by atoms with Crippen LogP contribution in [0.1, 0.15) is 49.0 Å². The number of carbonyl (C=O) groups excluding carboxylic acids is 1. The van der Waals surface area contributed by atoms with E-state index in [4.69, 9.17) is 0 Å². The van der Waals surface area contributed by atoms with Gasteiger partial charge in [-0.25, -0.2) is 4.98 Å². The van der Waals surface area contributed by atoms with E-state index in [9.17, 15) is 4.79 Å². The van der Waals surface area contributed by atoms with Crippen molar-refractivity contribution in [2.45, 2.75) is 44.6 Å². The van der Waals surface area contributed by atoms with Gasteiger partial charge in [0.05, 0.1) is 11.9 Å². The third-order valence-corrected chi connectivity index (χ3v) is 5.94. The van der Waals surface area contributed by atoms with Crippen molar-refractivity contribution in [2.75, 3.05) is 36.0 Å². The Morgan fingerprint density at radius 2 is 1.46 bits per heavy atom. The number of pyridine rings is 1. The number of nitrogens with zero attached hydrogens (tertiary/aromatic N) is 3. The van der Waals surface area contributed by atoms with Crippen molar-refractivity contribution in [3.05, 3.63) is 54.4 Å². The smallest absolute Gasteiger partial charge is 0.270 e. The predicted octanol–water partition coefficient (Wildman–Crippen LogP) is 3.86. The van der Waals surface area contributed by atoms with Crippen LogP contribution < -0.4 is 15.1 Å². The van der Waals surface area contributed by atoms with E-state index in [2.05, 4.69) is 50.4 Å². The number of anilines is 2. The summed E-state index contributed by atoms with van der Waals surface area (Å²) < 4.78 is 0. The first kappa shape index (κ1) is 18.8. The molecular weight excluding hydrogens is 348 g/mol. The molecule has 0 atom stereocenters. The molecule has 28 heavy (non-hydrogen) atoms. The van der Waals surface area contributed by atoms with Crippen LogP contribution in [0.4, 0.5) is 11.4 Å². The number of benzene rings is 1. The second-order valence-corrected chi connectivity index (χ2v) is 7.87. The normalized spacial score (nSPS) is 18.6. The van der Waals surface area contributed by atoms with Gasteiger partial charge in [-0.2, -0.15) is 0 Å². The van der Waals surface area contributed by atoms with Crippen LogP contribution in [0.2, 0.25) is 0 Å². The molecule has 1 saturated carbocycles. The molecule has 1 saturated heterocycles. The average molecular weight is 379 g/mol. The number of rotatable bonds is 4. The van der Waals surface area contributed by atoms with Crippen LogP contribution in [0.25, 0.3) is 0 Å². The number of hydrogen-bond acceptors (Lipinski definition) is 4. The lowest BCUT2D eigenvalue weighted by Crippen LogP contribution is -2.46. The number of amides is 1. The molecule has 1 aromatic carbocycles. The molecule has 1 N–H and O–H groups in total. The van der Waals surface area contributed by atoms with Crippen LogP contribution in [-0.4, -0.2) is 43.1 Å². The first-order chi connectivity index (χ1) is 13.8. The van der Waals surface area contributed by atoms with Gasteiger partial charge in [0, 0.05) is 37.9 Å². The Balaban J connectivity index is 1.31. The molecule has 0 unspecified atom stereocenters. The van der Waals surface area contributed by atoms with Gasteiger partial charge in [0.1, 0.15) is 5.69 Å². The number of piperazine rings is 1. The number of nitrogens with one attached hydrogen (secondary N) is 1. The van der Waals surface area contributed by atoms with E-state index in [0.29, 0.717) is 11.7 Å². The van der Waals surface area contributed by atoms with Crippen LogP contribution in [0.15, 0.2) is 48.7 Å². The molecule has 148 valence electrons. The Morgan fingerprint density at radius 1 is 0.821 bits per heavy atom. The Morgan fingerprint density at radius 3 is 2.07 bits per heavy atom. The second kappa shape index (κ2) is 9.09. The third kappa shape index (κ3) is 4.64. The molecule has 2 aromatic rings. The SMILES string of the molecule is O=C(NC1CCCCCC1)c1ccc(N2CCN(c3ccccc3)CC2)cn1. The Kier molecular flexibility index (Phi) is 6.10. The fourth-order valence-corrected chi connectivity index (χ4v) is 4.25. The zero-order valence-electron chi connectivity index (χ0n) is 16.5. The molecule has 2 heterocycles. The highest BCUT2D eigenvalue weighted by Gasteiger charge is 2.19. The topological polar surface area (TPSA) is 48.5 Å². The lowest BCUT2D eigenvalue weighted by Gasteiger charge is -2.37. The molecule has 0 bridgehead atoms. The van der Waals surface area contributed by atoms with Gasteiger partial charge in [0.2, 0.25) is 0 Å². The van der Waals surface area contributed by atoms with Gasteiger partial charge in [0.25, 0.3) is 5.91 Å². The molecule has 0 radical (unpaired) electrons. The van der Waals surface area contributed by atoms with Gasteiger partial charge in [0.15, 0.2) is 0 Å². The van der Waals surface area contributed by atoms with Crippen molar-refractivity contribution in [1.29, 1.82) is 0 Å². The zero-order valence-corrected chi connectivity index (χ0v) is 16.5. The molecule has 2 aliphatic rings. The maximum absolute atomic E-state index is 12.5.